The highest BCUT2D eigenvalue weighted by Gasteiger charge is 2.29. The zero-order valence-electron chi connectivity index (χ0n) is 22.5. The fourth-order valence-electron chi connectivity index (χ4n) is 4.05. The number of halogens is 1. The van der Waals surface area contributed by atoms with Gasteiger partial charge in [0.2, 0.25) is 5.91 Å². The lowest BCUT2D eigenvalue weighted by Crippen LogP contribution is -2.38. The molecule has 212 valence electrons. The summed E-state index contributed by atoms with van der Waals surface area (Å²) in [7, 11) is 0.0308. The number of carbonyl (C=O) groups excluding carboxylic acids is 2. The summed E-state index contributed by atoms with van der Waals surface area (Å²) in [6.45, 7) is -0.607. The molecule has 0 saturated carbocycles. The van der Waals surface area contributed by atoms with E-state index in [1.807, 2.05) is 0 Å². The number of ether oxygens (including phenoxy) is 3. The van der Waals surface area contributed by atoms with Crippen LogP contribution in [0.4, 0.5) is 11.4 Å². The third kappa shape index (κ3) is 6.62. The fourth-order valence-corrected chi connectivity index (χ4v) is 5.66. The van der Waals surface area contributed by atoms with Crippen LogP contribution in [0.5, 0.6) is 17.2 Å². The van der Waals surface area contributed by atoms with E-state index in [9.17, 15) is 18.0 Å². The Kier molecular flexibility index (Phi) is 9.16. The van der Waals surface area contributed by atoms with Gasteiger partial charge >= 0.3 is 0 Å². The molecule has 0 heterocycles. The zero-order valence-corrected chi connectivity index (χ0v) is 24.0. The van der Waals surface area contributed by atoms with Gasteiger partial charge in [0.1, 0.15) is 12.3 Å². The summed E-state index contributed by atoms with van der Waals surface area (Å²) < 4.78 is 44.5. The number of ketones is 1. The number of hydrogen-bond acceptors (Lipinski definition) is 7. The molecule has 0 atom stereocenters. The predicted octanol–water partition coefficient (Wildman–Crippen LogP) is 5.43. The maximum Gasteiger partial charge on any atom is 0.264 e. The first-order valence-corrected chi connectivity index (χ1v) is 14.1. The van der Waals surface area contributed by atoms with Crippen molar-refractivity contribution in [3.05, 3.63) is 107 Å². The van der Waals surface area contributed by atoms with E-state index < -0.39 is 22.5 Å². The average molecular weight is 595 g/mol. The van der Waals surface area contributed by atoms with Crippen molar-refractivity contribution in [2.45, 2.75) is 4.90 Å². The fraction of sp³-hybridized carbons (Fsp3) is 0.133. The summed E-state index contributed by atoms with van der Waals surface area (Å²) in [5.41, 5.74) is 0.968. The van der Waals surface area contributed by atoms with E-state index in [0.29, 0.717) is 22.1 Å². The number of rotatable bonds is 11. The van der Waals surface area contributed by atoms with Crippen molar-refractivity contribution in [2.75, 3.05) is 37.5 Å². The Balaban J connectivity index is 1.70. The Morgan fingerprint density at radius 3 is 2.12 bits per heavy atom. The van der Waals surface area contributed by atoms with Crippen molar-refractivity contribution in [3.63, 3.8) is 0 Å². The minimum absolute atomic E-state index is 0.120. The van der Waals surface area contributed by atoms with E-state index in [4.69, 9.17) is 25.8 Å². The van der Waals surface area contributed by atoms with Gasteiger partial charge in [-0.25, -0.2) is 8.42 Å². The number of sulfonamides is 1. The summed E-state index contributed by atoms with van der Waals surface area (Å²) in [4.78, 5) is 26.5. The van der Waals surface area contributed by atoms with Gasteiger partial charge in [0.05, 0.1) is 37.6 Å². The minimum atomic E-state index is -4.29. The van der Waals surface area contributed by atoms with Gasteiger partial charge in [-0.1, -0.05) is 41.9 Å². The van der Waals surface area contributed by atoms with E-state index in [1.165, 1.54) is 69.9 Å². The first kappa shape index (κ1) is 29.4. The molecule has 0 aliphatic carbocycles. The van der Waals surface area contributed by atoms with Crippen LogP contribution in [0.2, 0.25) is 5.02 Å². The number of carbonyl (C=O) groups is 2. The van der Waals surface area contributed by atoms with Crippen LogP contribution in [-0.4, -0.2) is 48.0 Å². The Morgan fingerprint density at radius 1 is 0.805 bits per heavy atom. The summed E-state index contributed by atoms with van der Waals surface area (Å²) >= 11 is 6.17. The first-order valence-electron chi connectivity index (χ1n) is 12.3. The topological polar surface area (TPSA) is 111 Å². The molecule has 4 rings (SSSR count). The van der Waals surface area contributed by atoms with Gasteiger partial charge in [0.15, 0.2) is 17.3 Å². The van der Waals surface area contributed by atoms with Crippen molar-refractivity contribution in [3.8, 4) is 17.2 Å². The predicted molar refractivity (Wildman–Crippen MR) is 157 cm³/mol. The highest BCUT2D eigenvalue weighted by atomic mass is 35.5. The second kappa shape index (κ2) is 12.8. The van der Waals surface area contributed by atoms with E-state index in [0.717, 1.165) is 4.31 Å². The number of benzene rings is 4. The Labute approximate surface area is 243 Å². The van der Waals surface area contributed by atoms with E-state index in [1.54, 1.807) is 42.5 Å². The molecule has 0 saturated heterocycles. The third-order valence-electron chi connectivity index (χ3n) is 6.13. The van der Waals surface area contributed by atoms with Crippen molar-refractivity contribution in [1.82, 2.24) is 0 Å². The van der Waals surface area contributed by atoms with E-state index in [2.05, 4.69) is 5.32 Å². The lowest BCUT2D eigenvalue weighted by Gasteiger charge is -2.25. The number of nitrogens with zero attached hydrogens (tertiary/aromatic N) is 1. The van der Waals surface area contributed by atoms with Gasteiger partial charge in [0, 0.05) is 22.2 Å². The quantitative estimate of drug-likeness (QED) is 0.230. The van der Waals surface area contributed by atoms with E-state index in [-0.39, 0.29) is 33.4 Å². The molecule has 0 aromatic heterocycles. The molecule has 0 bridgehead atoms. The van der Waals surface area contributed by atoms with E-state index >= 15 is 0 Å². The van der Waals surface area contributed by atoms with Crippen LogP contribution in [0, 0.1) is 0 Å². The summed E-state index contributed by atoms with van der Waals surface area (Å²) in [5.74, 6) is 0.0195. The first-order chi connectivity index (χ1) is 19.7. The molecular weight excluding hydrogens is 568 g/mol. The number of anilines is 2. The molecule has 0 fully saturated rings. The largest absolute Gasteiger partial charge is 0.497 e. The molecule has 0 aliphatic rings. The molecule has 41 heavy (non-hydrogen) atoms. The summed E-state index contributed by atoms with van der Waals surface area (Å²) in [5, 5.41) is 2.99. The second-order valence-corrected chi connectivity index (χ2v) is 11.0. The molecule has 4 aromatic rings. The van der Waals surface area contributed by atoms with Crippen LogP contribution in [0.15, 0.2) is 95.9 Å². The molecular formula is C30H27ClN2O7S. The standard InChI is InChI=1S/C30H27ClN2O7S/c1-38-23-12-10-22(11-13-23)33(41(36,37)24-14-16-27(39-2)28(18-24)40-3)19-29(34)32-26-15-9-21(31)17-25(26)30(35)20-7-5-4-6-8-20/h4-18H,19H2,1-3H3,(H,32,34). The minimum Gasteiger partial charge on any atom is -0.497 e. The molecule has 4 aromatic carbocycles. The monoisotopic (exact) mass is 594 g/mol. The summed E-state index contributed by atoms with van der Waals surface area (Å²) in [6, 6.07) is 23.4. The molecule has 0 radical (unpaired) electrons. The van der Waals surface area contributed by atoms with Crippen molar-refractivity contribution in [1.29, 1.82) is 0 Å². The molecule has 9 nitrogen and oxygen atoms in total. The zero-order chi connectivity index (χ0) is 29.6. The second-order valence-electron chi connectivity index (χ2n) is 8.66. The van der Waals surface area contributed by atoms with Crippen LogP contribution >= 0.6 is 11.6 Å². The maximum atomic E-state index is 13.9. The maximum absolute atomic E-state index is 13.9. The van der Waals surface area contributed by atoms with Gasteiger partial charge in [-0.3, -0.25) is 13.9 Å². The Bertz CT molecular complexity index is 1660. The van der Waals surface area contributed by atoms with Gasteiger partial charge in [-0.05, 0) is 54.6 Å². The Morgan fingerprint density at radius 2 is 1.49 bits per heavy atom. The van der Waals surface area contributed by atoms with Gasteiger partial charge in [-0.2, -0.15) is 0 Å². The Hall–Kier alpha value is -4.54. The van der Waals surface area contributed by atoms with Crippen LogP contribution in [0.3, 0.4) is 0 Å². The molecule has 0 unspecified atom stereocenters. The van der Waals surface area contributed by atoms with Gasteiger partial charge in [0.25, 0.3) is 10.0 Å². The molecule has 1 N–H and O–H groups in total. The molecule has 1 amide bonds. The SMILES string of the molecule is COc1ccc(N(CC(=O)Nc2ccc(Cl)cc2C(=O)c2ccccc2)S(=O)(=O)c2ccc(OC)c(OC)c2)cc1. The average Bonchev–Trinajstić information content (AvgIpc) is 3.00. The van der Waals surface area contributed by atoms with Crippen molar-refractivity contribution >= 4 is 44.7 Å². The highest BCUT2D eigenvalue weighted by Crippen LogP contribution is 2.33. The number of nitrogens with one attached hydrogen (secondary N) is 1. The van der Waals surface area contributed by atoms with Crippen LogP contribution in [0.1, 0.15) is 15.9 Å². The number of hydrogen-bond donors (Lipinski definition) is 1. The highest BCUT2D eigenvalue weighted by molar-refractivity contribution is 7.92. The van der Waals surface area contributed by atoms with Crippen molar-refractivity contribution < 1.29 is 32.2 Å². The van der Waals surface area contributed by atoms with Crippen LogP contribution in [0.25, 0.3) is 0 Å². The third-order valence-corrected chi connectivity index (χ3v) is 8.13. The van der Waals surface area contributed by atoms with Crippen LogP contribution < -0.4 is 23.8 Å². The molecule has 0 spiro atoms. The molecule has 11 heteroatoms. The van der Waals surface area contributed by atoms with Gasteiger partial charge in [-0.15, -0.1) is 0 Å². The smallest absolute Gasteiger partial charge is 0.264 e. The number of methoxy groups -OCH3 is 3. The lowest BCUT2D eigenvalue weighted by molar-refractivity contribution is -0.114. The summed E-state index contributed by atoms with van der Waals surface area (Å²) in [6.07, 6.45) is 0. The van der Waals surface area contributed by atoms with Gasteiger partial charge < -0.3 is 19.5 Å². The lowest BCUT2D eigenvalue weighted by atomic mass is 10.0. The normalized spacial score (nSPS) is 10.9. The van der Waals surface area contributed by atoms with Crippen LogP contribution in [-0.2, 0) is 14.8 Å². The number of amides is 1. The molecule has 0 aliphatic heterocycles. The van der Waals surface area contributed by atoms with Crippen molar-refractivity contribution in [2.24, 2.45) is 0 Å².